The summed E-state index contributed by atoms with van der Waals surface area (Å²) in [6.45, 7) is 0. The van der Waals surface area contributed by atoms with Crippen LogP contribution < -0.4 is 10.1 Å². The van der Waals surface area contributed by atoms with E-state index in [-0.39, 0.29) is 10.9 Å². The lowest BCUT2D eigenvalue weighted by molar-refractivity contribution is 0.102. The van der Waals surface area contributed by atoms with E-state index < -0.39 is 0 Å². The van der Waals surface area contributed by atoms with E-state index in [1.54, 1.807) is 37.4 Å². The van der Waals surface area contributed by atoms with Crippen LogP contribution in [0, 0.1) is 0 Å². The minimum absolute atomic E-state index is 0.274. The number of nitrogens with one attached hydrogen (secondary N) is 1. The van der Waals surface area contributed by atoms with Gasteiger partial charge in [0.15, 0.2) is 0 Å². The molecule has 6 nitrogen and oxygen atoms in total. The van der Waals surface area contributed by atoms with Gasteiger partial charge in [-0.1, -0.05) is 35.3 Å². The first kappa shape index (κ1) is 19.9. The molecule has 150 valence electrons. The third-order valence-corrected chi connectivity index (χ3v) is 4.83. The Morgan fingerprint density at radius 1 is 0.933 bits per heavy atom. The number of nitrogens with zero attached hydrogens (tertiary/aromatic N) is 2. The van der Waals surface area contributed by atoms with Gasteiger partial charge in [-0.25, -0.2) is 0 Å². The Morgan fingerprint density at radius 3 is 2.33 bits per heavy atom. The van der Waals surface area contributed by atoms with E-state index >= 15 is 0 Å². The molecule has 0 fully saturated rings. The zero-order chi connectivity index (χ0) is 21.1. The first-order chi connectivity index (χ1) is 14.5. The molecule has 0 unspecified atom stereocenters. The maximum Gasteiger partial charge on any atom is 0.257 e. The second kappa shape index (κ2) is 8.57. The lowest BCUT2D eigenvalue weighted by Crippen LogP contribution is -2.12. The summed E-state index contributed by atoms with van der Waals surface area (Å²) in [5, 5.41) is 11.8. The van der Waals surface area contributed by atoms with Crippen LogP contribution >= 0.6 is 23.2 Å². The third kappa shape index (κ3) is 4.30. The molecular formula is C22H15Cl2N3O3. The molecule has 4 rings (SSSR count). The van der Waals surface area contributed by atoms with Gasteiger partial charge >= 0.3 is 0 Å². The van der Waals surface area contributed by atoms with Crippen molar-refractivity contribution >= 4 is 34.8 Å². The number of hydrogen-bond donors (Lipinski definition) is 1. The van der Waals surface area contributed by atoms with Crippen molar-refractivity contribution in [3.05, 3.63) is 82.3 Å². The lowest BCUT2D eigenvalue weighted by Gasteiger charge is -2.08. The SMILES string of the molecule is COc1cccc(-c2nnc(-c3cccc(NC(=O)c4ccc(Cl)cc4Cl)c3)o2)c1. The largest absolute Gasteiger partial charge is 0.497 e. The van der Waals surface area contributed by atoms with Crippen LogP contribution in [0.5, 0.6) is 5.75 Å². The number of halogens is 2. The molecule has 0 atom stereocenters. The summed E-state index contributed by atoms with van der Waals surface area (Å²) in [6.07, 6.45) is 0. The molecule has 1 N–H and O–H groups in total. The van der Waals surface area contributed by atoms with Gasteiger partial charge in [-0.3, -0.25) is 4.79 Å². The average Bonchev–Trinajstić information content (AvgIpc) is 3.24. The van der Waals surface area contributed by atoms with Gasteiger partial charge in [0.1, 0.15) is 5.75 Å². The molecular weight excluding hydrogens is 425 g/mol. The van der Waals surface area contributed by atoms with Crippen LogP contribution in [0.25, 0.3) is 22.9 Å². The van der Waals surface area contributed by atoms with E-state index in [1.165, 1.54) is 6.07 Å². The first-order valence-corrected chi connectivity index (χ1v) is 9.64. The van der Waals surface area contributed by atoms with E-state index in [0.29, 0.717) is 39.4 Å². The second-order valence-corrected chi connectivity index (χ2v) is 7.15. The predicted octanol–water partition coefficient (Wildman–Crippen LogP) is 5.97. The van der Waals surface area contributed by atoms with Crippen LogP contribution in [0.3, 0.4) is 0 Å². The highest BCUT2D eigenvalue weighted by Gasteiger charge is 2.14. The summed E-state index contributed by atoms with van der Waals surface area (Å²) in [4.78, 5) is 12.5. The summed E-state index contributed by atoms with van der Waals surface area (Å²) >= 11 is 12.0. The van der Waals surface area contributed by atoms with Gasteiger partial charge in [0.2, 0.25) is 11.8 Å². The average molecular weight is 440 g/mol. The molecule has 0 saturated carbocycles. The van der Waals surface area contributed by atoms with Crippen molar-refractivity contribution in [3.63, 3.8) is 0 Å². The van der Waals surface area contributed by atoms with Crippen molar-refractivity contribution < 1.29 is 13.9 Å². The number of methoxy groups -OCH3 is 1. The molecule has 0 radical (unpaired) electrons. The van der Waals surface area contributed by atoms with Crippen molar-refractivity contribution in [3.8, 4) is 28.7 Å². The van der Waals surface area contributed by atoms with Crippen molar-refractivity contribution in [2.24, 2.45) is 0 Å². The zero-order valence-corrected chi connectivity index (χ0v) is 17.2. The molecule has 8 heteroatoms. The highest BCUT2D eigenvalue weighted by Crippen LogP contribution is 2.28. The Balaban J connectivity index is 1.56. The minimum atomic E-state index is -0.351. The summed E-state index contributed by atoms with van der Waals surface area (Å²) < 4.78 is 11.0. The Hall–Kier alpha value is -3.35. The molecule has 0 aliphatic carbocycles. The monoisotopic (exact) mass is 439 g/mol. The molecule has 1 aromatic heterocycles. The standard InChI is InChI=1S/C22H15Cl2N3O3/c1-29-17-7-3-5-14(11-17)22-27-26-21(30-22)13-4-2-6-16(10-13)25-20(28)18-9-8-15(23)12-19(18)24/h2-12H,1H3,(H,25,28). The van der Waals surface area contributed by atoms with E-state index in [0.717, 1.165) is 5.56 Å². The van der Waals surface area contributed by atoms with Crippen molar-refractivity contribution in [1.29, 1.82) is 0 Å². The predicted molar refractivity (Wildman–Crippen MR) is 116 cm³/mol. The number of benzene rings is 3. The van der Waals surface area contributed by atoms with Crippen molar-refractivity contribution in [2.45, 2.75) is 0 Å². The molecule has 0 spiro atoms. The van der Waals surface area contributed by atoms with Gasteiger partial charge in [-0.05, 0) is 54.6 Å². The second-order valence-electron chi connectivity index (χ2n) is 6.30. The summed E-state index contributed by atoms with van der Waals surface area (Å²) in [5.41, 5.74) is 2.29. The number of hydrogen-bond acceptors (Lipinski definition) is 5. The Labute approximate surface area is 182 Å². The highest BCUT2D eigenvalue weighted by molar-refractivity contribution is 6.37. The molecule has 1 heterocycles. The van der Waals surface area contributed by atoms with Crippen LogP contribution in [0.15, 0.2) is 71.1 Å². The van der Waals surface area contributed by atoms with Crippen molar-refractivity contribution in [2.75, 3.05) is 12.4 Å². The zero-order valence-electron chi connectivity index (χ0n) is 15.7. The van der Waals surface area contributed by atoms with Crippen LogP contribution in [0.2, 0.25) is 10.0 Å². The maximum atomic E-state index is 12.5. The fourth-order valence-electron chi connectivity index (χ4n) is 2.81. The first-order valence-electron chi connectivity index (χ1n) is 8.88. The number of ether oxygens (including phenoxy) is 1. The number of carbonyl (C=O) groups is 1. The number of rotatable bonds is 5. The van der Waals surface area contributed by atoms with Crippen LogP contribution in [-0.4, -0.2) is 23.2 Å². The number of amides is 1. The normalized spacial score (nSPS) is 10.6. The quantitative estimate of drug-likeness (QED) is 0.414. The summed E-state index contributed by atoms with van der Waals surface area (Å²) in [6, 6.07) is 19.1. The van der Waals surface area contributed by atoms with Gasteiger partial charge < -0.3 is 14.5 Å². The molecule has 0 aliphatic heterocycles. The van der Waals surface area contributed by atoms with Crippen LogP contribution in [0.1, 0.15) is 10.4 Å². The van der Waals surface area contributed by atoms with E-state index in [1.807, 2.05) is 30.3 Å². The maximum absolute atomic E-state index is 12.5. The van der Waals surface area contributed by atoms with Gasteiger partial charge in [-0.15, -0.1) is 10.2 Å². The number of carbonyl (C=O) groups excluding carboxylic acids is 1. The smallest absolute Gasteiger partial charge is 0.257 e. The number of anilines is 1. The summed E-state index contributed by atoms with van der Waals surface area (Å²) in [7, 11) is 1.59. The number of aromatic nitrogens is 2. The van der Waals surface area contributed by atoms with E-state index in [4.69, 9.17) is 32.4 Å². The topological polar surface area (TPSA) is 77.3 Å². The molecule has 4 aromatic rings. The van der Waals surface area contributed by atoms with Gasteiger partial charge in [-0.2, -0.15) is 0 Å². The Morgan fingerprint density at radius 2 is 1.63 bits per heavy atom. The van der Waals surface area contributed by atoms with E-state index in [2.05, 4.69) is 15.5 Å². The van der Waals surface area contributed by atoms with Crippen LogP contribution in [-0.2, 0) is 0 Å². The third-order valence-electron chi connectivity index (χ3n) is 4.28. The molecule has 1 amide bonds. The molecule has 0 saturated heterocycles. The van der Waals surface area contributed by atoms with Gasteiger partial charge in [0.05, 0.1) is 17.7 Å². The molecule has 0 bridgehead atoms. The molecule has 30 heavy (non-hydrogen) atoms. The Bertz CT molecular complexity index is 1220. The minimum Gasteiger partial charge on any atom is -0.497 e. The summed E-state index contributed by atoms with van der Waals surface area (Å²) in [5.74, 6) is 1.04. The van der Waals surface area contributed by atoms with E-state index in [9.17, 15) is 4.79 Å². The van der Waals surface area contributed by atoms with Crippen LogP contribution in [0.4, 0.5) is 5.69 Å². The highest BCUT2D eigenvalue weighted by atomic mass is 35.5. The molecule has 0 aliphatic rings. The fraction of sp³-hybridized carbons (Fsp3) is 0.0455. The fourth-order valence-corrected chi connectivity index (χ4v) is 3.31. The lowest BCUT2D eigenvalue weighted by atomic mass is 10.1. The molecule has 3 aromatic carbocycles. The van der Waals surface area contributed by atoms with Gasteiger partial charge in [0, 0.05) is 21.8 Å². The van der Waals surface area contributed by atoms with Gasteiger partial charge in [0.25, 0.3) is 5.91 Å². The Kier molecular flexibility index (Phi) is 5.70. The van der Waals surface area contributed by atoms with Crippen molar-refractivity contribution in [1.82, 2.24) is 10.2 Å².